The normalized spacial score (nSPS) is 10.9. The highest BCUT2D eigenvalue weighted by atomic mass is 32.1. The molecule has 2 aromatic heterocycles. The van der Waals surface area contributed by atoms with Crippen molar-refractivity contribution < 1.29 is 18.4 Å². The SMILES string of the molecule is O=C(NCCc1csc2nc(-c3ccccc3F)nn12)C(=O)Nc1ccc(F)cc1. The molecular formula is C20H15F2N5O2S. The molecule has 152 valence electrons. The molecule has 0 spiro atoms. The van der Waals surface area contributed by atoms with Crippen molar-refractivity contribution in [2.45, 2.75) is 6.42 Å². The van der Waals surface area contributed by atoms with Crippen LogP contribution < -0.4 is 10.6 Å². The minimum Gasteiger partial charge on any atom is -0.347 e. The van der Waals surface area contributed by atoms with Crippen LogP contribution in [0.4, 0.5) is 14.5 Å². The van der Waals surface area contributed by atoms with Gasteiger partial charge in [0.05, 0.1) is 11.3 Å². The van der Waals surface area contributed by atoms with Crippen molar-refractivity contribution in [2.75, 3.05) is 11.9 Å². The third-order valence-corrected chi connectivity index (χ3v) is 5.10. The molecule has 0 fully saturated rings. The van der Waals surface area contributed by atoms with E-state index in [0.29, 0.717) is 22.6 Å². The van der Waals surface area contributed by atoms with Crippen LogP contribution in [0.1, 0.15) is 5.69 Å². The van der Waals surface area contributed by atoms with Crippen LogP contribution in [0.5, 0.6) is 0 Å². The zero-order valence-corrected chi connectivity index (χ0v) is 16.2. The molecule has 4 rings (SSSR count). The highest BCUT2D eigenvalue weighted by molar-refractivity contribution is 7.15. The van der Waals surface area contributed by atoms with Gasteiger partial charge in [-0.3, -0.25) is 9.59 Å². The molecule has 0 saturated carbocycles. The average molecular weight is 427 g/mol. The van der Waals surface area contributed by atoms with Gasteiger partial charge >= 0.3 is 11.8 Å². The number of aromatic nitrogens is 3. The molecule has 0 unspecified atom stereocenters. The Hall–Kier alpha value is -3.66. The molecule has 0 atom stereocenters. The summed E-state index contributed by atoms with van der Waals surface area (Å²) in [6, 6.07) is 11.3. The van der Waals surface area contributed by atoms with Gasteiger partial charge in [0.15, 0.2) is 5.82 Å². The highest BCUT2D eigenvalue weighted by Crippen LogP contribution is 2.23. The van der Waals surface area contributed by atoms with Gasteiger partial charge in [-0.1, -0.05) is 12.1 Å². The number of nitrogens with one attached hydrogen (secondary N) is 2. The largest absolute Gasteiger partial charge is 0.347 e. The summed E-state index contributed by atoms with van der Waals surface area (Å²) in [5.74, 6) is -2.22. The van der Waals surface area contributed by atoms with Crippen LogP contribution in [0.3, 0.4) is 0 Å². The Morgan fingerprint density at radius 1 is 1.03 bits per heavy atom. The van der Waals surface area contributed by atoms with Gasteiger partial charge in [-0.05, 0) is 36.4 Å². The van der Waals surface area contributed by atoms with E-state index >= 15 is 0 Å². The molecule has 2 aromatic carbocycles. The lowest BCUT2D eigenvalue weighted by Gasteiger charge is -2.06. The second kappa shape index (κ2) is 8.37. The van der Waals surface area contributed by atoms with Crippen LogP contribution in [-0.4, -0.2) is 33.0 Å². The molecule has 7 nitrogen and oxygen atoms in total. The number of carbonyl (C=O) groups excluding carboxylic acids is 2. The molecule has 2 amide bonds. The molecule has 0 aliphatic rings. The van der Waals surface area contributed by atoms with Gasteiger partial charge in [-0.15, -0.1) is 16.4 Å². The zero-order chi connectivity index (χ0) is 21.1. The fourth-order valence-electron chi connectivity index (χ4n) is 2.76. The van der Waals surface area contributed by atoms with Crippen LogP contribution in [0.2, 0.25) is 0 Å². The van der Waals surface area contributed by atoms with E-state index in [1.807, 2.05) is 5.38 Å². The van der Waals surface area contributed by atoms with Crippen molar-refractivity contribution in [3.63, 3.8) is 0 Å². The van der Waals surface area contributed by atoms with Gasteiger partial charge in [0.1, 0.15) is 11.6 Å². The van der Waals surface area contributed by atoms with Crippen LogP contribution in [0.15, 0.2) is 53.9 Å². The lowest BCUT2D eigenvalue weighted by Crippen LogP contribution is -2.36. The van der Waals surface area contributed by atoms with Crippen LogP contribution in [-0.2, 0) is 16.0 Å². The van der Waals surface area contributed by atoms with Crippen LogP contribution in [0.25, 0.3) is 16.3 Å². The second-order valence-electron chi connectivity index (χ2n) is 6.30. The number of hydrogen-bond donors (Lipinski definition) is 2. The second-order valence-corrected chi connectivity index (χ2v) is 7.14. The lowest BCUT2D eigenvalue weighted by atomic mass is 10.2. The molecule has 0 bridgehead atoms. The third kappa shape index (κ3) is 4.18. The van der Waals surface area contributed by atoms with Crippen molar-refractivity contribution >= 4 is 33.8 Å². The number of nitrogens with zero attached hydrogens (tertiary/aromatic N) is 3. The van der Waals surface area contributed by atoms with Gasteiger partial charge in [0, 0.05) is 24.0 Å². The molecule has 0 aliphatic carbocycles. The van der Waals surface area contributed by atoms with Crippen LogP contribution >= 0.6 is 11.3 Å². The van der Waals surface area contributed by atoms with E-state index in [0.717, 1.165) is 5.69 Å². The van der Waals surface area contributed by atoms with Gasteiger partial charge in [-0.2, -0.15) is 4.98 Å². The lowest BCUT2D eigenvalue weighted by molar-refractivity contribution is -0.136. The van der Waals surface area contributed by atoms with E-state index in [9.17, 15) is 18.4 Å². The number of rotatable bonds is 5. The molecule has 0 saturated heterocycles. The van der Waals surface area contributed by atoms with Gasteiger partial charge < -0.3 is 10.6 Å². The predicted molar refractivity (Wildman–Crippen MR) is 108 cm³/mol. The summed E-state index contributed by atoms with van der Waals surface area (Å²) in [7, 11) is 0. The standard InChI is InChI=1S/C20H15F2N5O2S/c21-12-5-7-13(8-6-12)24-19(29)18(28)23-10-9-14-11-30-20-25-17(26-27(14)20)15-3-1-2-4-16(15)22/h1-8,11H,9-10H2,(H,23,28)(H,24,29). The number of fused-ring (bicyclic) bond motifs is 1. The van der Waals surface area contributed by atoms with Gasteiger partial charge in [0.25, 0.3) is 0 Å². The fourth-order valence-corrected chi connectivity index (χ4v) is 3.61. The summed E-state index contributed by atoms with van der Waals surface area (Å²) < 4.78 is 28.4. The number of thiazole rings is 1. The van der Waals surface area contributed by atoms with Crippen molar-refractivity contribution in [1.29, 1.82) is 0 Å². The number of carbonyl (C=O) groups is 2. The molecule has 10 heteroatoms. The van der Waals surface area contributed by atoms with Gasteiger partial charge in [0.2, 0.25) is 4.96 Å². The smallest absolute Gasteiger partial charge is 0.313 e. The van der Waals surface area contributed by atoms with Gasteiger partial charge in [-0.25, -0.2) is 13.3 Å². The highest BCUT2D eigenvalue weighted by Gasteiger charge is 2.16. The first-order chi connectivity index (χ1) is 14.5. The number of amides is 2. The first kappa shape index (κ1) is 19.6. The zero-order valence-electron chi connectivity index (χ0n) is 15.4. The molecule has 0 radical (unpaired) electrons. The predicted octanol–water partition coefficient (Wildman–Crippen LogP) is 3.03. The maximum Gasteiger partial charge on any atom is 0.313 e. The summed E-state index contributed by atoms with van der Waals surface area (Å²) in [6.45, 7) is 0.191. The number of halogens is 2. The van der Waals surface area contributed by atoms with Crippen molar-refractivity contribution in [2.24, 2.45) is 0 Å². The minimum atomic E-state index is -0.848. The molecular weight excluding hydrogens is 412 g/mol. The summed E-state index contributed by atoms with van der Waals surface area (Å²) in [6.07, 6.45) is 0.398. The molecule has 30 heavy (non-hydrogen) atoms. The molecule has 2 heterocycles. The first-order valence-corrected chi connectivity index (χ1v) is 9.82. The monoisotopic (exact) mass is 427 g/mol. The minimum absolute atomic E-state index is 0.191. The van der Waals surface area contributed by atoms with E-state index in [4.69, 9.17) is 0 Å². The Bertz CT molecular complexity index is 1220. The van der Waals surface area contributed by atoms with E-state index in [-0.39, 0.29) is 12.4 Å². The third-order valence-electron chi connectivity index (χ3n) is 4.24. The van der Waals surface area contributed by atoms with E-state index in [1.54, 1.807) is 22.7 Å². The summed E-state index contributed by atoms with van der Waals surface area (Å²) in [4.78, 5) is 28.8. The van der Waals surface area contributed by atoms with E-state index < -0.39 is 23.4 Å². The first-order valence-electron chi connectivity index (χ1n) is 8.94. The quantitative estimate of drug-likeness (QED) is 0.479. The van der Waals surface area contributed by atoms with E-state index in [2.05, 4.69) is 20.7 Å². The Morgan fingerprint density at radius 3 is 2.57 bits per heavy atom. The number of hydrogen-bond acceptors (Lipinski definition) is 5. The van der Waals surface area contributed by atoms with E-state index in [1.165, 1.54) is 41.7 Å². The van der Waals surface area contributed by atoms with Crippen LogP contribution in [0, 0.1) is 11.6 Å². The van der Waals surface area contributed by atoms with Crippen molar-refractivity contribution in [3.05, 3.63) is 71.2 Å². The topological polar surface area (TPSA) is 88.4 Å². The summed E-state index contributed by atoms with van der Waals surface area (Å²) >= 11 is 1.35. The Morgan fingerprint density at radius 2 is 1.80 bits per heavy atom. The Labute approximate surface area is 173 Å². The molecule has 2 N–H and O–H groups in total. The molecule has 0 aliphatic heterocycles. The maximum absolute atomic E-state index is 14.0. The van der Waals surface area contributed by atoms with Crippen molar-refractivity contribution in [3.8, 4) is 11.4 Å². The Balaban J connectivity index is 1.37. The Kier molecular flexibility index (Phi) is 5.48. The summed E-state index contributed by atoms with van der Waals surface area (Å²) in [5, 5.41) is 11.1. The number of benzene rings is 2. The number of anilines is 1. The fraction of sp³-hybridized carbons (Fsp3) is 0.100. The summed E-state index contributed by atoms with van der Waals surface area (Å²) in [5.41, 5.74) is 1.40. The van der Waals surface area contributed by atoms with Crippen molar-refractivity contribution in [1.82, 2.24) is 19.9 Å². The average Bonchev–Trinajstić information content (AvgIpc) is 3.31. The maximum atomic E-state index is 14.0. The molecule has 4 aromatic rings.